The lowest BCUT2D eigenvalue weighted by atomic mass is 10.2. The summed E-state index contributed by atoms with van der Waals surface area (Å²) in [5.74, 6) is -0.418. The molecule has 0 saturated carbocycles. The van der Waals surface area contributed by atoms with Gasteiger partial charge in [-0.25, -0.2) is 12.8 Å². The first-order valence-electron chi connectivity index (χ1n) is 3.92. The van der Waals surface area contributed by atoms with Gasteiger partial charge in [-0.05, 0) is 18.2 Å². The fraction of sp³-hybridized carbons (Fsp3) is 0.111. The second kappa shape index (κ2) is 3.10. The molecule has 0 N–H and O–H groups in total. The Kier molecular flexibility index (Phi) is 2.16. The molecule has 1 aliphatic rings. The van der Waals surface area contributed by atoms with Crippen LogP contribution in [0.15, 0.2) is 28.0 Å². The van der Waals surface area contributed by atoms with E-state index in [2.05, 4.69) is 12.6 Å². The van der Waals surface area contributed by atoms with E-state index in [1.54, 1.807) is 0 Å². The van der Waals surface area contributed by atoms with E-state index in [1.807, 2.05) is 0 Å². The number of benzene rings is 1. The molecule has 0 fully saturated rings. The summed E-state index contributed by atoms with van der Waals surface area (Å²) >= 11 is 3.90. The topological polar surface area (TPSA) is 34.1 Å². The van der Waals surface area contributed by atoms with Gasteiger partial charge < -0.3 is 0 Å². The standard InChI is InChI=1S/C9H7FO2S2/c10-8-2-1-3-9-7(8)4-6(5-13)14(9,11)12/h1-4,13H,5H2. The third-order valence-corrected chi connectivity index (χ3v) is 4.55. The smallest absolute Gasteiger partial charge is 0.204 e. The van der Waals surface area contributed by atoms with Crippen LogP contribution >= 0.6 is 12.6 Å². The number of fused-ring (bicyclic) bond motifs is 1. The lowest BCUT2D eigenvalue weighted by Gasteiger charge is -2.00. The third-order valence-electron chi connectivity index (χ3n) is 2.11. The maximum absolute atomic E-state index is 13.2. The predicted molar refractivity (Wildman–Crippen MR) is 55.4 cm³/mol. The zero-order valence-corrected chi connectivity index (χ0v) is 8.78. The number of thiol groups is 1. The lowest BCUT2D eigenvalue weighted by molar-refractivity contribution is 0.598. The van der Waals surface area contributed by atoms with Crippen molar-refractivity contribution >= 4 is 28.5 Å². The van der Waals surface area contributed by atoms with Crippen LogP contribution in [0.1, 0.15) is 5.56 Å². The van der Waals surface area contributed by atoms with Gasteiger partial charge in [0.2, 0.25) is 9.84 Å². The van der Waals surface area contributed by atoms with Crippen LogP contribution in [0.25, 0.3) is 6.08 Å². The molecule has 14 heavy (non-hydrogen) atoms. The monoisotopic (exact) mass is 230 g/mol. The van der Waals surface area contributed by atoms with Crippen LogP contribution in [-0.4, -0.2) is 14.2 Å². The first-order chi connectivity index (χ1) is 6.57. The molecule has 0 aromatic heterocycles. The molecular weight excluding hydrogens is 223 g/mol. The van der Waals surface area contributed by atoms with E-state index in [9.17, 15) is 12.8 Å². The van der Waals surface area contributed by atoms with E-state index in [-0.39, 0.29) is 21.1 Å². The van der Waals surface area contributed by atoms with Crippen molar-refractivity contribution in [2.45, 2.75) is 4.90 Å². The minimum atomic E-state index is -3.47. The summed E-state index contributed by atoms with van der Waals surface area (Å²) in [6.07, 6.45) is 1.34. The van der Waals surface area contributed by atoms with Gasteiger partial charge in [-0.15, -0.1) is 0 Å². The summed E-state index contributed by atoms with van der Waals surface area (Å²) < 4.78 is 36.6. The van der Waals surface area contributed by atoms with E-state index in [1.165, 1.54) is 24.3 Å². The highest BCUT2D eigenvalue weighted by Crippen LogP contribution is 2.34. The normalized spacial score (nSPS) is 17.7. The molecule has 0 saturated heterocycles. The fourth-order valence-electron chi connectivity index (χ4n) is 1.40. The van der Waals surface area contributed by atoms with E-state index >= 15 is 0 Å². The molecule has 1 aliphatic heterocycles. The Hall–Kier alpha value is -0.810. The molecule has 0 unspecified atom stereocenters. The fourth-order valence-corrected chi connectivity index (χ4v) is 3.43. The highest BCUT2D eigenvalue weighted by atomic mass is 32.2. The first-order valence-corrected chi connectivity index (χ1v) is 6.04. The molecule has 0 spiro atoms. The third kappa shape index (κ3) is 1.19. The van der Waals surface area contributed by atoms with E-state index < -0.39 is 15.7 Å². The van der Waals surface area contributed by atoms with Gasteiger partial charge in [0.1, 0.15) is 5.82 Å². The number of rotatable bonds is 1. The Morgan fingerprint density at radius 3 is 2.64 bits per heavy atom. The Labute approximate surface area is 86.8 Å². The summed E-state index contributed by atoms with van der Waals surface area (Å²) in [7, 11) is -3.47. The summed E-state index contributed by atoms with van der Waals surface area (Å²) in [6.45, 7) is 0. The van der Waals surface area contributed by atoms with Gasteiger partial charge >= 0.3 is 0 Å². The van der Waals surface area contributed by atoms with Gasteiger partial charge in [0.05, 0.1) is 9.80 Å². The Morgan fingerprint density at radius 1 is 1.36 bits per heavy atom. The SMILES string of the molecule is O=S1(=O)C(CS)=Cc2c(F)cccc21. The average molecular weight is 230 g/mol. The zero-order chi connectivity index (χ0) is 10.3. The van der Waals surface area contributed by atoms with Crippen LogP contribution in [0.2, 0.25) is 0 Å². The number of hydrogen-bond donors (Lipinski definition) is 1. The highest BCUT2D eigenvalue weighted by Gasteiger charge is 2.29. The maximum atomic E-state index is 13.2. The first kappa shape index (κ1) is 9.73. The molecule has 1 aromatic carbocycles. The molecular formula is C9H7FO2S2. The van der Waals surface area contributed by atoms with Crippen molar-refractivity contribution in [2.24, 2.45) is 0 Å². The minimum Gasteiger partial charge on any atom is -0.219 e. The highest BCUT2D eigenvalue weighted by molar-refractivity contribution is 7.97. The van der Waals surface area contributed by atoms with Crippen molar-refractivity contribution in [1.29, 1.82) is 0 Å². The van der Waals surface area contributed by atoms with E-state index in [0.29, 0.717) is 0 Å². The number of hydrogen-bond acceptors (Lipinski definition) is 3. The summed E-state index contributed by atoms with van der Waals surface area (Å²) in [5, 5.41) is 0. The van der Waals surface area contributed by atoms with Crippen LogP contribution in [0.5, 0.6) is 0 Å². The molecule has 1 heterocycles. The molecule has 0 atom stereocenters. The number of sulfone groups is 1. The lowest BCUT2D eigenvalue weighted by Crippen LogP contribution is -2.01. The Balaban J connectivity index is 2.78. The van der Waals surface area contributed by atoms with Gasteiger partial charge in [0.15, 0.2) is 0 Å². The molecule has 2 nitrogen and oxygen atoms in total. The second-order valence-corrected chi connectivity index (χ2v) is 5.21. The van der Waals surface area contributed by atoms with Crippen molar-refractivity contribution in [2.75, 3.05) is 5.75 Å². The summed E-state index contributed by atoms with van der Waals surface area (Å²) in [4.78, 5) is 0.197. The largest absolute Gasteiger partial charge is 0.219 e. The molecule has 0 bridgehead atoms. The predicted octanol–water partition coefficient (Wildman–Crippen LogP) is 1.88. The molecule has 0 amide bonds. The molecule has 2 rings (SSSR count). The number of halogens is 1. The van der Waals surface area contributed by atoms with Crippen LogP contribution in [0.4, 0.5) is 4.39 Å². The van der Waals surface area contributed by atoms with Crippen LogP contribution in [0.3, 0.4) is 0 Å². The van der Waals surface area contributed by atoms with Crippen LogP contribution in [0, 0.1) is 5.82 Å². The van der Waals surface area contributed by atoms with Crippen LogP contribution < -0.4 is 0 Å². The van der Waals surface area contributed by atoms with Crippen molar-refractivity contribution in [3.8, 4) is 0 Å². The molecule has 1 aromatic rings. The van der Waals surface area contributed by atoms with E-state index in [4.69, 9.17) is 0 Å². The van der Waals surface area contributed by atoms with Gasteiger partial charge in [0.25, 0.3) is 0 Å². The van der Waals surface area contributed by atoms with Crippen LogP contribution in [-0.2, 0) is 9.84 Å². The average Bonchev–Trinajstić information content (AvgIpc) is 2.40. The summed E-state index contributed by atoms with van der Waals surface area (Å²) in [6, 6.07) is 4.04. The Bertz CT molecular complexity index is 518. The Morgan fingerprint density at radius 2 is 2.07 bits per heavy atom. The zero-order valence-electron chi connectivity index (χ0n) is 7.07. The molecule has 74 valence electrons. The molecule has 5 heteroatoms. The van der Waals surface area contributed by atoms with Gasteiger partial charge in [-0.1, -0.05) is 6.07 Å². The van der Waals surface area contributed by atoms with Gasteiger partial charge in [-0.3, -0.25) is 0 Å². The van der Waals surface area contributed by atoms with Crippen molar-refractivity contribution < 1.29 is 12.8 Å². The second-order valence-electron chi connectivity index (χ2n) is 2.92. The maximum Gasteiger partial charge on any atom is 0.204 e. The van der Waals surface area contributed by atoms with Gasteiger partial charge in [-0.2, -0.15) is 12.6 Å². The molecule has 0 aliphatic carbocycles. The minimum absolute atomic E-state index is 0.0431. The van der Waals surface area contributed by atoms with Crippen molar-refractivity contribution in [3.63, 3.8) is 0 Å². The quantitative estimate of drug-likeness (QED) is 0.747. The van der Waals surface area contributed by atoms with E-state index in [0.717, 1.165) is 0 Å². The molecule has 0 radical (unpaired) electrons. The summed E-state index contributed by atoms with van der Waals surface area (Å²) in [5.41, 5.74) is 0.150. The van der Waals surface area contributed by atoms with Crippen molar-refractivity contribution in [3.05, 3.63) is 34.5 Å². The van der Waals surface area contributed by atoms with Crippen molar-refractivity contribution in [1.82, 2.24) is 0 Å². The van der Waals surface area contributed by atoms with Gasteiger partial charge in [0, 0.05) is 11.3 Å².